The molecule has 0 unspecified atom stereocenters. The number of nitro groups is 1. The van der Waals surface area contributed by atoms with Crippen LogP contribution >= 0.6 is 11.3 Å². The van der Waals surface area contributed by atoms with Gasteiger partial charge in [-0.3, -0.25) is 10.1 Å². The first-order valence-electron chi connectivity index (χ1n) is 6.38. The minimum atomic E-state index is -0.556. The molecule has 0 fully saturated rings. The maximum Gasteiger partial charge on any atom is 0.312 e. The van der Waals surface area contributed by atoms with Crippen molar-refractivity contribution >= 4 is 17.0 Å². The smallest absolute Gasteiger partial charge is 0.312 e. The molecule has 1 heterocycles. The standard InChI is InChI=1S/C14H13N3O3S/c1-2-3-14-16-11(9-21-14)8-20-13-5-4-10(7-15)6-12(13)17(18)19/h4-6,9H,2-3,8H2,1H3. The highest BCUT2D eigenvalue weighted by atomic mass is 32.1. The van der Waals surface area contributed by atoms with Crippen molar-refractivity contribution in [3.05, 3.63) is 50.0 Å². The van der Waals surface area contributed by atoms with Gasteiger partial charge in [0.1, 0.15) is 6.61 Å². The van der Waals surface area contributed by atoms with Crippen LogP contribution in [0.3, 0.4) is 0 Å². The summed E-state index contributed by atoms with van der Waals surface area (Å²) in [5.74, 6) is 0.143. The van der Waals surface area contributed by atoms with Crippen molar-refractivity contribution in [2.24, 2.45) is 0 Å². The Kier molecular flexibility index (Phi) is 4.85. The minimum Gasteiger partial charge on any atom is -0.480 e. The average Bonchev–Trinajstić information content (AvgIpc) is 2.93. The van der Waals surface area contributed by atoms with Crippen molar-refractivity contribution in [3.63, 3.8) is 0 Å². The summed E-state index contributed by atoms with van der Waals surface area (Å²) in [4.78, 5) is 14.8. The number of hydrogen-bond donors (Lipinski definition) is 0. The van der Waals surface area contributed by atoms with Crippen LogP contribution in [0.5, 0.6) is 5.75 Å². The van der Waals surface area contributed by atoms with Gasteiger partial charge < -0.3 is 4.74 Å². The number of nitriles is 1. The Labute approximate surface area is 125 Å². The lowest BCUT2D eigenvalue weighted by molar-refractivity contribution is -0.386. The Morgan fingerprint density at radius 2 is 2.33 bits per heavy atom. The molecule has 0 saturated heterocycles. The largest absolute Gasteiger partial charge is 0.480 e. The number of nitro benzene ring substituents is 1. The fourth-order valence-corrected chi connectivity index (χ4v) is 2.63. The van der Waals surface area contributed by atoms with E-state index in [-0.39, 0.29) is 23.6 Å². The predicted molar refractivity (Wildman–Crippen MR) is 78.3 cm³/mol. The maximum absolute atomic E-state index is 11.0. The summed E-state index contributed by atoms with van der Waals surface area (Å²) >= 11 is 1.56. The van der Waals surface area contributed by atoms with Gasteiger partial charge >= 0.3 is 5.69 Å². The Bertz CT molecular complexity index is 691. The van der Waals surface area contributed by atoms with Gasteiger partial charge in [-0.25, -0.2) is 4.98 Å². The van der Waals surface area contributed by atoms with Crippen LogP contribution in [0.1, 0.15) is 29.6 Å². The molecule has 0 aliphatic heterocycles. The van der Waals surface area contributed by atoms with Gasteiger partial charge in [0.2, 0.25) is 0 Å². The molecule has 1 aromatic carbocycles. The minimum absolute atomic E-state index is 0.143. The molecule has 7 heteroatoms. The zero-order valence-corrected chi connectivity index (χ0v) is 12.2. The number of aromatic nitrogens is 1. The van der Waals surface area contributed by atoms with Gasteiger partial charge in [0, 0.05) is 11.4 Å². The van der Waals surface area contributed by atoms with Crippen LogP contribution in [0, 0.1) is 21.4 Å². The Hall–Kier alpha value is -2.46. The molecule has 0 aliphatic carbocycles. The molecule has 2 rings (SSSR count). The molecular formula is C14H13N3O3S. The number of hydrogen-bond acceptors (Lipinski definition) is 6. The van der Waals surface area contributed by atoms with Crippen molar-refractivity contribution in [1.82, 2.24) is 4.98 Å². The molecule has 108 valence electrons. The lowest BCUT2D eigenvalue weighted by atomic mass is 10.2. The molecule has 2 aromatic rings. The van der Waals surface area contributed by atoms with Crippen molar-refractivity contribution in [2.45, 2.75) is 26.4 Å². The lowest BCUT2D eigenvalue weighted by Gasteiger charge is -2.05. The molecule has 1 aromatic heterocycles. The molecule has 0 amide bonds. The number of benzene rings is 1. The van der Waals surface area contributed by atoms with Gasteiger partial charge in [-0.05, 0) is 25.0 Å². The number of ether oxygens (including phenoxy) is 1. The van der Waals surface area contributed by atoms with Gasteiger partial charge in [-0.2, -0.15) is 5.26 Å². The normalized spacial score (nSPS) is 10.1. The van der Waals surface area contributed by atoms with Crippen LogP contribution in [0.25, 0.3) is 0 Å². The second kappa shape index (κ2) is 6.81. The first kappa shape index (κ1) is 14.9. The summed E-state index contributed by atoms with van der Waals surface area (Å²) in [6.07, 6.45) is 1.94. The van der Waals surface area contributed by atoms with Crippen LogP contribution in [-0.4, -0.2) is 9.91 Å². The Balaban J connectivity index is 2.12. The fourth-order valence-electron chi connectivity index (χ4n) is 1.75. The van der Waals surface area contributed by atoms with Gasteiger partial charge in [0.05, 0.1) is 27.3 Å². The summed E-state index contributed by atoms with van der Waals surface area (Å²) in [5, 5.41) is 22.7. The molecular weight excluding hydrogens is 290 g/mol. The summed E-state index contributed by atoms with van der Waals surface area (Å²) in [6.45, 7) is 2.25. The Morgan fingerprint density at radius 1 is 1.52 bits per heavy atom. The predicted octanol–water partition coefficient (Wildman–Crippen LogP) is 3.45. The van der Waals surface area contributed by atoms with Gasteiger partial charge in [0.15, 0.2) is 5.75 Å². The SMILES string of the molecule is CCCc1nc(COc2ccc(C#N)cc2[N+](=O)[O-])cs1. The Morgan fingerprint density at radius 3 is 3.00 bits per heavy atom. The topological polar surface area (TPSA) is 89.0 Å². The molecule has 0 spiro atoms. The number of thiazole rings is 1. The van der Waals surface area contributed by atoms with Crippen molar-refractivity contribution in [3.8, 4) is 11.8 Å². The van der Waals surface area contributed by atoms with Crippen molar-refractivity contribution in [2.75, 3.05) is 0 Å². The van der Waals surface area contributed by atoms with Crippen molar-refractivity contribution < 1.29 is 9.66 Å². The third-order valence-electron chi connectivity index (χ3n) is 2.72. The van der Waals surface area contributed by atoms with E-state index in [0.29, 0.717) is 0 Å². The van der Waals surface area contributed by atoms with Crippen LogP contribution < -0.4 is 4.74 Å². The summed E-state index contributed by atoms with van der Waals surface area (Å²) < 4.78 is 5.47. The summed E-state index contributed by atoms with van der Waals surface area (Å²) in [7, 11) is 0. The van der Waals surface area contributed by atoms with Gasteiger partial charge in [-0.15, -0.1) is 11.3 Å². The monoisotopic (exact) mass is 303 g/mol. The quantitative estimate of drug-likeness (QED) is 0.602. The first-order valence-corrected chi connectivity index (χ1v) is 7.26. The van der Waals surface area contributed by atoms with Crippen LogP contribution in [-0.2, 0) is 13.0 Å². The average molecular weight is 303 g/mol. The molecule has 0 N–H and O–H groups in total. The third kappa shape index (κ3) is 3.77. The number of rotatable bonds is 6. The second-order valence-corrected chi connectivity index (χ2v) is 5.27. The maximum atomic E-state index is 11.0. The first-order chi connectivity index (χ1) is 10.1. The van der Waals surface area contributed by atoms with E-state index in [2.05, 4.69) is 11.9 Å². The molecule has 0 radical (unpaired) electrons. The van der Waals surface area contributed by atoms with Crippen LogP contribution in [0.15, 0.2) is 23.6 Å². The van der Waals surface area contributed by atoms with E-state index in [9.17, 15) is 10.1 Å². The van der Waals surface area contributed by atoms with Gasteiger partial charge in [0.25, 0.3) is 0 Å². The molecule has 6 nitrogen and oxygen atoms in total. The number of nitrogens with zero attached hydrogens (tertiary/aromatic N) is 3. The van der Waals surface area contributed by atoms with Crippen LogP contribution in [0.4, 0.5) is 5.69 Å². The molecule has 21 heavy (non-hydrogen) atoms. The van der Waals surface area contributed by atoms with E-state index in [4.69, 9.17) is 10.00 Å². The van der Waals surface area contributed by atoms with Crippen LogP contribution in [0.2, 0.25) is 0 Å². The van der Waals surface area contributed by atoms with Crippen molar-refractivity contribution in [1.29, 1.82) is 5.26 Å². The van der Waals surface area contributed by atoms with E-state index >= 15 is 0 Å². The zero-order chi connectivity index (χ0) is 15.2. The highest BCUT2D eigenvalue weighted by Gasteiger charge is 2.16. The summed E-state index contributed by atoms with van der Waals surface area (Å²) in [6, 6.07) is 6.01. The lowest BCUT2D eigenvalue weighted by Crippen LogP contribution is -2.00. The fraction of sp³-hybridized carbons (Fsp3) is 0.286. The molecule has 0 saturated carbocycles. The van der Waals surface area contributed by atoms with E-state index in [1.165, 1.54) is 18.2 Å². The molecule has 0 aliphatic rings. The van der Waals surface area contributed by atoms with E-state index in [0.717, 1.165) is 23.5 Å². The highest BCUT2D eigenvalue weighted by molar-refractivity contribution is 7.09. The third-order valence-corrected chi connectivity index (χ3v) is 3.68. The van der Waals surface area contributed by atoms with E-state index in [1.54, 1.807) is 11.3 Å². The second-order valence-electron chi connectivity index (χ2n) is 4.32. The van der Waals surface area contributed by atoms with Gasteiger partial charge in [-0.1, -0.05) is 6.92 Å². The zero-order valence-electron chi connectivity index (χ0n) is 11.4. The van der Waals surface area contributed by atoms with E-state index < -0.39 is 4.92 Å². The highest BCUT2D eigenvalue weighted by Crippen LogP contribution is 2.28. The molecule has 0 bridgehead atoms. The van der Waals surface area contributed by atoms with E-state index in [1.807, 2.05) is 11.4 Å². The number of aryl methyl sites for hydroxylation is 1. The molecule has 0 atom stereocenters. The summed E-state index contributed by atoms with van der Waals surface area (Å²) in [5.41, 5.74) is 0.771.